The van der Waals surface area contributed by atoms with Gasteiger partial charge in [0.2, 0.25) is 10.0 Å². The third-order valence-corrected chi connectivity index (χ3v) is 11.8. The second-order valence-electron chi connectivity index (χ2n) is 13.7. The third kappa shape index (κ3) is 9.50. The van der Waals surface area contributed by atoms with Crippen molar-refractivity contribution in [1.82, 2.24) is 25.1 Å². The molecule has 5 N–H and O–H groups in total. The Morgan fingerprint density at radius 1 is 0.865 bits per heavy atom. The highest BCUT2D eigenvalue weighted by atomic mass is 32.2. The summed E-state index contributed by atoms with van der Waals surface area (Å²) < 4.78 is 56.9. The zero-order valence-electron chi connectivity index (χ0n) is 29.1. The lowest BCUT2D eigenvalue weighted by atomic mass is 10.0. The van der Waals surface area contributed by atoms with E-state index in [0.29, 0.717) is 23.5 Å². The number of aromatic hydroxyl groups is 1. The molecule has 2 fully saturated rings. The van der Waals surface area contributed by atoms with Crippen LogP contribution in [0.25, 0.3) is 5.69 Å². The van der Waals surface area contributed by atoms with E-state index in [-0.39, 0.29) is 34.6 Å². The van der Waals surface area contributed by atoms with E-state index < -0.39 is 26.2 Å². The van der Waals surface area contributed by atoms with E-state index in [2.05, 4.69) is 30.1 Å². The number of sulfonamides is 2. The van der Waals surface area contributed by atoms with Gasteiger partial charge in [-0.15, -0.1) is 0 Å². The topological polar surface area (TPSA) is 201 Å². The second kappa shape index (κ2) is 16.1. The van der Waals surface area contributed by atoms with Crippen molar-refractivity contribution in [2.45, 2.75) is 75.0 Å². The Morgan fingerprint density at radius 2 is 1.54 bits per heavy atom. The van der Waals surface area contributed by atoms with Gasteiger partial charge in [0.15, 0.2) is 0 Å². The number of aliphatic hydroxyl groups excluding tert-OH is 1. The number of anilines is 3. The smallest absolute Gasteiger partial charge is 0.368 e. The van der Waals surface area contributed by atoms with Gasteiger partial charge in [-0.25, -0.2) is 21.6 Å². The van der Waals surface area contributed by atoms with Crippen LogP contribution in [0.3, 0.4) is 0 Å². The first-order valence-corrected chi connectivity index (χ1v) is 21.0. The highest BCUT2D eigenvalue weighted by Gasteiger charge is 2.22. The van der Waals surface area contributed by atoms with E-state index in [4.69, 9.17) is 0 Å². The fourth-order valence-corrected chi connectivity index (χ4v) is 8.53. The van der Waals surface area contributed by atoms with Crippen LogP contribution in [-0.4, -0.2) is 78.8 Å². The first-order chi connectivity index (χ1) is 24.8. The highest BCUT2D eigenvalue weighted by molar-refractivity contribution is 7.92. The monoisotopic (exact) mass is 754 g/mol. The molecule has 1 atom stereocenters. The number of nitrogens with zero attached hydrogens (tertiary/aromatic N) is 5. The van der Waals surface area contributed by atoms with Crippen LogP contribution in [0, 0.1) is 5.92 Å². The molecule has 280 valence electrons. The van der Waals surface area contributed by atoms with Gasteiger partial charge < -0.3 is 20.4 Å². The molecule has 15 nitrogen and oxygen atoms in total. The number of benzene rings is 3. The number of hydrogen-bond donors (Lipinski definition) is 5. The molecule has 2 heterocycles. The number of nitrogens with one attached hydrogen (secondary N) is 3. The molecule has 1 saturated carbocycles. The van der Waals surface area contributed by atoms with Crippen molar-refractivity contribution < 1.29 is 27.0 Å². The zero-order valence-corrected chi connectivity index (χ0v) is 30.7. The largest absolute Gasteiger partial charge is 0.506 e. The molecule has 1 unspecified atom stereocenters. The standard InChI is InChI=1S/C35H46N8O7S2/c1-51(47,48)38-32-23-26(8-17-33(32)44)34(45)24-36-27-18-21-41(22-19-27)29-11-9-28(10-12-29)37-52(49,50)31-15-13-30(14-16-31)43-35(46)42(39-40-43)20-4-7-25-5-2-3-6-25/h8-17,23,25,27,34,36-38,44-45H,2-7,18-22,24H2,1H3. The van der Waals surface area contributed by atoms with Crippen LogP contribution in [0.5, 0.6) is 5.75 Å². The van der Waals surface area contributed by atoms with Crippen molar-refractivity contribution in [2.24, 2.45) is 5.92 Å². The average molecular weight is 755 g/mol. The molecule has 3 aromatic carbocycles. The van der Waals surface area contributed by atoms with Gasteiger partial charge in [-0.3, -0.25) is 9.44 Å². The average Bonchev–Trinajstić information content (AvgIpc) is 3.78. The number of hydrogen-bond acceptors (Lipinski definition) is 11. The van der Waals surface area contributed by atoms with Crippen LogP contribution >= 0.6 is 0 Å². The molecule has 0 spiro atoms. The number of rotatable bonds is 15. The molecule has 52 heavy (non-hydrogen) atoms. The summed E-state index contributed by atoms with van der Waals surface area (Å²) in [5.74, 6) is 0.509. The fourth-order valence-electron chi connectivity index (χ4n) is 6.91. The second-order valence-corrected chi connectivity index (χ2v) is 17.1. The summed E-state index contributed by atoms with van der Waals surface area (Å²) >= 11 is 0. The number of phenolic OH excluding ortho intramolecular Hbond substituents is 1. The molecule has 0 amide bonds. The van der Waals surface area contributed by atoms with Crippen molar-refractivity contribution in [3.8, 4) is 11.4 Å². The molecule has 0 bridgehead atoms. The van der Waals surface area contributed by atoms with Crippen molar-refractivity contribution >= 4 is 37.1 Å². The molecule has 17 heteroatoms. The number of piperidine rings is 1. The van der Waals surface area contributed by atoms with Crippen molar-refractivity contribution in [1.29, 1.82) is 0 Å². The van der Waals surface area contributed by atoms with Crippen LogP contribution in [0.4, 0.5) is 17.1 Å². The number of aromatic nitrogens is 4. The predicted octanol–water partition coefficient (Wildman–Crippen LogP) is 3.57. The van der Waals surface area contributed by atoms with Crippen LogP contribution in [0.2, 0.25) is 0 Å². The highest BCUT2D eigenvalue weighted by Crippen LogP contribution is 2.30. The van der Waals surface area contributed by atoms with Crippen molar-refractivity contribution in [3.05, 3.63) is 82.8 Å². The third-order valence-electron chi connectivity index (χ3n) is 9.77. The Morgan fingerprint density at radius 3 is 2.21 bits per heavy atom. The Kier molecular flexibility index (Phi) is 11.5. The van der Waals surface area contributed by atoms with E-state index in [1.165, 1.54) is 59.3 Å². The van der Waals surface area contributed by atoms with Gasteiger partial charge in [0.1, 0.15) is 5.75 Å². The molecule has 2 aliphatic rings. The molecule has 1 aliphatic heterocycles. The summed E-state index contributed by atoms with van der Waals surface area (Å²) in [7, 11) is -7.48. The molecule has 4 aromatic rings. The van der Waals surface area contributed by atoms with Gasteiger partial charge in [-0.2, -0.15) is 9.36 Å². The number of tetrazole rings is 1. The minimum absolute atomic E-state index is 0.0105. The number of aliphatic hydroxyl groups is 1. The maximum atomic E-state index is 13.2. The van der Waals surface area contributed by atoms with Crippen LogP contribution in [-0.2, 0) is 26.6 Å². The Labute approximate surface area is 303 Å². The minimum Gasteiger partial charge on any atom is -0.506 e. The molecule has 1 aliphatic carbocycles. The minimum atomic E-state index is -3.89. The predicted molar refractivity (Wildman–Crippen MR) is 199 cm³/mol. The van der Waals surface area contributed by atoms with Gasteiger partial charge in [0.25, 0.3) is 10.0 Å². The lowest BCUT2D eigenvalue weighted by Crippen LogP contribution is -2.43. The van der Waals surface area contributed by atoms with E-state index in [0.717, 1.165) is 56.6 Å². The lowest BCUT2D eigenvalue weighted by Gasteiger charge is -2.34. The summed E-state index contributed by atoms with van der Waals surface area (Å²) in [4.78, 5) is 15.1. The van der Waals surface area contributed by atoms with Crippen LogP contribution in [0.1, 0.15) is 63.0 Å². The lowest BCUT2D eigenvalue weighted by molar-refractivity contribution is 0.167. The first kappa shape index (κ1) is 37.3. The van der Waals surface area contributed by atoms with Crippen LogP contribution < -0.4 is 25.4 Å². The van der Waals surface area contributed by atoms with Crippen molar-refractivity contribution in [3.63, 3.8) is 0 Å². The Balaban J connectivity index is 0.970. The molecule has 6 rings (SSSR count). The molecule has 0 radical (unpaired) electrons. The normalized spacial score (nSPS) is 16.6. The van der Waals surface area contributed by atoms with E-state index >= 15 is 0 Å². The quantitative estimate of drug-likeness (QED) is 0.111. The van der Waals surface area contributed by atoms with Gasteiger partial charge in [0, 0.05) is 43.6 Å². The van der Waals surface area contributed by atoms with Gasteiger partial charge in [0.05, 0.1) is 28.6 Å². The molecular formula is C35H46N8O7S2. The van der Waals surface area contributed by atoms with Gasteiger partial charge in [-0.05, 0) is 108 Å². The van der Waals surface area contributed by atoms with Gasteiger partial charge >= 0.3 is 5.69 Å². The molecular weight excluding hydrogens is 709 g/mol. The maximum Gasteiger partial charge on any atom is 0.368 e. The SMILES string of the molecule is CS(=O)(=O)Nc1cc(C(O)CNC2CCN(c3ccc(NS(=O)(=O)c4ccc(-n5nnn(CCCC6CCCC6)c5=O)cc4)cc3)CC2)ccc1O. The molecule has 1 saturated heterocycles. The zero-order chi connectivity index (χ0) is 36.9. The first-order valence-electron chi connectivity index (χ1n) is 17.6. The summed E-state index contributed by atoms with van der Waals surface area (Å²) in [5, 5.41) is 32.0. The summed E-state index contributed by atoms with van der Waals surface area (Å²) in [6.45, 7) is 2.27. The number of phenols is 1. The van der Waals surface area contributed by atoms with E-state index in [1.54, 1.807) is 30.3 Å². The maximum absolute atomic E-state index is 13.2. The van der Waals surface area contributed by atoms with Crippen LogP contribution in [0.15, 0.2) is 76.4 Å². The van der Waals surface area contributed by atoms with Crippen molar-refractivity contribution in [2.75, 3.05) is 40.2 Å². The molecule has 1 aromatic heterocycles. The fraction of sp³-hybridized carbons (Fsp3) is 0.457. The van der Waals surface area contributed by atoms with Gasteiger partial charge in [-0.1, -0.05) is 31.7 Å². The number of aryl methyl sites for hydroxylation is 1. The summed E-state index contributed by atoms with van der Waals surface area (Å²) in [6, 6.07) is 17.6. The van der Waals surface area contributed by atoms with E-state index in [1.807, 2.05) is 12.1 Å². The Bertz CT molecular complexity index is 2090. The van der Waals surface area contributed by atoms with E-state index in [9.17, 15) is 31.8 Å². The summed E-state index contributed by atoms with van der Waals surface area (Å²) in [5.41, 5.74) is 1.93. The summed E-state index contributed by atoms with van der Waals surface area (Å²) in [6.07, 6.45) is 8.76. The Hall–Kier alpha value is -4.45.